The number of rotatable bonds is 3. The number of carbonyl (C=O) groups is 1. The Bertz CT molecular complexity index is 415. The van der Waals surface area contributed by atoms with Gasteiger partial charge in [-0.15, -0.1) is 0 Å². The molecule has 16 heavy (non-hydrogen) atoms. The molecule has 1 aromatic heterocycles. The molecule has 0 saturated heterocycles. The summed E-state index contributed by atoms with van der Waals surface area (Å²) >= 11 is 4.85. The van der Waals surface area contributed by atoms with Crippen molar-refractivity contribution in [3.63, 3.8) is 0 Å². The molecule has 0 N–H and O–H groups in total. The molecular formula is C9H7BrF2INO2. The first-order chi connectivity index (χ1) is 7.51. The third-order valence-corrected chi connectivity index (χ3v) is 2.98. The highest BCUT2D eigenvalue weighted by molar-refractivity contribution is 14.1. The van der Waals surface area contributed by atoms with Crippen LogP contribution in [0.25, 0.3) is 0 Å². The van der Waals surface area contributed by atoms with E-state index in [1.807, 2.05) is 0 Å². The summed E-state index contributed by atoms with van der Waals surface area (Å²) in [7, 11) is 1.20. The predicted octanol–water partition coefficient (Wildman–Crippen LogP) is 3.31. The summed E-state index contributed by atoms with van der Waals surface area (Å²) in [5.41, 5.74) is -0.0967. The van der Waals surface area contributed by atoms with E-state index >= 15 is 0 Å². The average molecular weight is 406 g/mol. The van der Waals surface area contributed by atoms with Gasteiger partial charge in [-0.05, 0) is 28.7 Å². The molecule has 0 saturated carbocycles. The van der Waals surface area contributed by atoms with Crippen LogP contribution in [-0.2, 0) is 10.1 Å². The lowest BCUT2D eigenvalue weighted by Gasteiger charge is -2.10. The van der Waals surface area contributed by atoms with Crippen LogP contribution in [0.2, 0.25) is 0 Å². The van der Waals surface area contributed by atoms with Crippen LogP contribution in [0, 0.1) is 3.70 Å². The van der Waals surface area contributed by atoms with Crippen molar-refractivity contribution < 1.29 is 18.3 Å². The molecule has 0 fully saturated rings. The van der Waals surface area contributed by atoms with Crippen LogP contribution in [-0.4, -0.2) is 18.1 Å². The van der Waals surface area contributed by atoms with Gasteiger partial charge in [0.05, 0.1) is 12.7 Å². The molecule has 1 heterocycles. The monoisotopic (exact) mass is 405 g/mol. The predicted molar refractivity (Wildman–Crippen MR) is 65.9 cm³/mol. The molecular weight excluding hydrogens is 399 g/mol. The highest BCUT2D eigenvalue weighted by Crippen LogP contribution is 2.27. The second-order valence-corrected chi connectivity index (χ2v) is 4.45. The number of aromatic nitrogens is 1. The Morgan fingerprint density at radius 2 is 2.31 bits per heavy atom. The largest absolute Gasteiger partial charge is 0.465 e. The van der Waals surface area contributed by atoms with E-state index in [1.54, 1.807) is 22.6 Å². The first-order valence-electron chi connectivity index (χ1n) is 4.13. The van der Waals surface area contributed by atoms with Gasteiger partial charge in [0.25, 0.3) is 6.43 Å². The van der Waals surface area contributed by atoms with Gasteiger partial charge >= 0.3 is 5.97 Å². The smallest absolute Gasteiger partial charge is 0.338 e. The number of alkyl halides is 3. The van der Waals surface area contributed by atoms with E-state index in [4.69, 9.17) is 0 Å². The van der Waals surface area contributed by atoms with Crippen LogP contribution in [0.1, 0.15) is 28.0 Å². The topological polar surface area (TPSA) is 39.2 Å². The van der Waals surface area contributed by atoms with Crippen LogP contribution >= 0.6 is 38.5 Å². The fraction of sp³-hybridized carbons (Fsp3) is 0.333. The maximum absolute atomic E-state index is 12.7. The van der Waals surface area contributed by atoms with E-state index in [0.29, 0.717) is 3.70 Å². The molecule has 1 aromatic rings. The van der Waals surface area contributed by atoms with E-state index in [9.17, 15) is 13.6 Å². The molecule has 7 heteroatoms. The van der Waals surface area contributed by atoms with E-state index in [0.717, 1.165) is 0 Å². The third-order valence-electron chi connectivity index (χ3n) is 1.87. The van der Waals surface area contributed by atoms with Gasteiger partial charge in [-0.3, -0.25) is 0 Å². The standard InChI is InChI=1S/C9H7BrF2INO2/c1-16-9(15)4-2-6(13)14-7(8(11)12)5(4)3-10/h2,8H,3H2,1H3. The fourth-order valence-electron chi connectivity index (χ4n) is 1.17. The zero-order chi connectivity index (χ0) is 12.3. The van der Waals surface area contributed by atoms with Crippen LogP contribution in [0.5, 0.6) is 0 Å². The molecule has 0 radical (unpaired) electrons. The number of hydrogen-bond acceptors (Lipinski definition) is 3. The van der Waals surface area contributed by atoms with Crippen LogP contribution in [0.3, 0.4) is 0 Å². The second kappa shape index (κ2) is 5.85. The van der Waals surface area contributed by atoms with Gasteiger partial charge in [-0.25, -0.2) is 18.6 Å². The molecule has 0 aliphatic heterocycles. The number of nitrogens with zero attached hydrogens (tertiary/aromatic N) is 1. The summed E-state index contributed by atoms with van der Waals surface area (Å²) in [6.07, 6.45) is -2.72. The lowest BCUT2D eigenvalue weighted by molar-refractivity contribution is 0.0598. The molecule has 88 valence electrons. The number of pyridine rings is 1. The molecule has 0 amide bonds. The van der Waals surface area contributed by atoms with E-state index < -0.39 is 12.4 Å². The third kappa shape index (κ3) is 2.88. The summed E-state index contributed by atoms with van der Waals surface area (Å²) in [4.78, 5) is 15.1. The highest BCUT2D eigenvalue weighted by Gasteiger charge is 2.22. The number of methoxy groups -OCH3 is 1. The van der Waals surface area contributed by atoms with Crippen LogP contribution in [0.4, 0.5) is 8.78 Å². The summed E-state index contributed by atoms with van der Waals surface area (Å²) < 4.78 is 30.3. The van der Waals surface area contributed by atoms with Gasteiger partial charge in [0.1, 0.15) is 9.39 Å². The Morgan fingerprint density at radius 3 is 2.75 bits per heavy atom. The average Bonchev–Trinajstić information content (AvgIpc) is 2.26. The van der Waals surface area contributed by atoms with Crippen LogP contribution in [0.15, 0.2) is 6.07 Å². The molecule has 0 unspecified atom stereocenters. The minimum Gasteiger partial charge on any atom is -0.465 e. The highest BCUT2D eigenvalue weighted by atomic mass is 127. The summed E-state index contributed by atoms with van der Waals surface area (Å²) in [6, 6.07) is 1.43. The van der Waals surface area contributed by atoms with Gasteiger partial charge in [-0.2, -0.15) is 0 Å². The normalized spacial score (nSPS) is 10.6. The van der Waals surface area contributed by atoms with Gasteiger partial charge in [0, 0.05) is 10.9 Å². The van der Waals surface area contributed by atoms with Gasteiger partial charge in [0.2, 0.25) is 0 Å². The van der Waals surface area contributed by atoms with E-state index in [1.165, 1.54) is 13.2 Å². The van der Waals surface area contributed by atoms with Crippen molar-refractivity contribution in [2.75, 3.05) is 7.11 Å². The maximum Gasteiger partial charge on any atom is 0.338 e. The van der Waals surface area contributed by atoms with Crippen molar-refractivity contribution in [1.82, 2.24) is 4.98 Å². The molecule has 0 aliphatic carbocycles. The first-order valence-corrected chi connectivity index (χ1v) is 6.33. The van der Waals surface area contributed by atoms with Gasteiger partial charge < -0.3 is 4.74 Å². The quantitative estimate of drug-likeness (QED) is 0.335. The zero-order valence-electron chi connectivity index (χ0n) is 8.14. The number of esters is 1. The maximum atomic E-state index is 12.7. The molecule has 1 rings (SSSR count). The number of hydrogen-bond donors (Lipinski definition) is 0. The van der Waals surface area contributed by atoms with Crippen molar-refractivity contribution in [2.45, 2.75) is 11.8 Å². The zero-order valence-corrected chi connectivity index (χ0v) is 11.9. The van der Waals surface area contributed by atoms with Crippen molar-refractivity contribution in [1.29, 1.82) is 0 Å². The Hall–Kier alpha value is -0.310. The van der Waals surface area contributed by atoms with Gasteiger partial charge in [-0.1, -0.05) is 15.9 Å². The SMILES string of the molecule is COC(=O)c1cc(I)nc(C(F)F)c1CBr. The number of carbonyl (C=O) groups excluding carboxylic acids is 1. The van der Waals surface area contributed by atoms with Crippen molar-refractivity contribution >= 4 is 44.5 Å². The lowest BCUT2D eigenvalue weighted by Crippen LogP contribution is -2.10. The Balaban J connectivity index is 3.41. The second-order valence-electron chi connectivity index (χ2n) is 2.78. The Morgan fingerprint density at radius 1 is 1.69 bits per heavy atom. The summed E-state index contributed by atoms with van der Waals surface area (Å²) in [5, 5.41) is 0.126. The number of halogens is 4. The summed E-state index contributed by atoms with van der Waals surface area (Å²) in [6.45, 7) is 0. The number of ether oxygens (including phenoxy) is 1. The molecule has 0 aromatic carbocycles. The van der Waals surface area contributed by atoms with Crippen molar-refractivity contribution in [2.24, 2.45) is 0 Å². The van der Waals surface area contributed by atoms with Crippen molar-refractivity contribution in [3.8, 4) is 0 Å². The first kappa shape index (κ1) is 13.8. The molecule has 0 aliphatic rings. The molecule has 0 atom stereocenters. The lowest BCUT2D eigenvalue weighted by atomic mass is 10.1. The van der Waals surface area contributed by atoms with Gasteiger partial charge in [0.15, 0.2) is 0 Å². The fourth-order valence-corrected chi connectivity index (χ4v) is 2.33. The minimum absolute atomic E-state index is 0.120. The van der Waals surface area contributed by atoms with Crippen LogP contribution < -0.4 is 0 Å². The Kier molecular flexibility index (Phi) is 5.03. The molecule has 0 spiro atoms. The van der Waals surface area contributed by atoms with Crippen molar-refractivity contribution in [3.05, 3.63) is 26.6 Å². The Labute approximate surface area is 113 Å². The van der Waals surface area contributed by atoms with E-state index in [-0.39, 0.29) is 22.2 Å². The summed E-state index contributed by atoms with van der Waals surface area (Å²) in [5.74, 6) is -0.642. The molecule has 0 bridgehead atoms. The molecule has 3 nitrogen and oxygen atoms in total. The minimum atomic E-state index is -2.72. The van der Waals surface area contributed by atoms with E-state index in [2.05, 4.69) is 25.7 Å².